The Hall–Kier alpha value is -1.59. The highest BCUT2D eigenvalue weighted by atomic mass is 16.2. The van der Waals surface area contributed by atoms with Crippen LogP contribution in [0, 0.1) is 0 Å². The number of carbonyl (C=O) groups excluding carboxylic acids is 1. The molecule has 0 aliphatic heterocycles. The van der Waals surface area contributed by atoms with Gasteiger partial charge in [-0.15, -0.1) is 0 Å². The SMILES string of the molecule is CC(CN(C)C)NC(=O)Nc1ccc(CN)cc1. The first-order valence-corrected chi connectivity index (χ1v) is 6.02. The quantitative estimate of drug-likeness (QED) is 0.736. The molecule has 0 saturated carbocycles. The van der Waals surface area contributed by atoms with Gasteiger partial charge in [0.1, 0.15) is 0 Å². The van der Waals surface area contributed by atoms with Gasteiger partial charge in [0, 0.05) is 24.8 Å². The van der Waals surface area contributed by atoms with Gasteiger partial charge in [-0.3, -0.25) is 0 Å². The van der Waals surface area contributed by atoms with Crippen LogP contribution in [0.4, 0.5) is 10.5 Å². The van der Waals surface area contributed by atoms with Crippen molar-refractivity contribution in [2.45, 2.75) is 19.5 Å². The Labute approximate surface area is 108 Å². The second-order valence-corrected chi connectivity index (χ2v) is 4.66. The molecular formula is C13H22N4O. The second-order valence-electron chi connectivity index (χ2n) is 4.66. The summed E-state index contributed by atoms with van der Waals surface area (Å²) in [5, 5.41) is 5.66. The summed E-state index contributed by atoms with van der Waals surface area (Å²) in [7, 11) is 3.95. The molecule has 18 heavy (non-hydrogen) atoms. The van der Waals surface area contributed by atoms with Crippen LogP contribution in [0.1, 0.15) is 12.5 Å². The molecule has 0 aliphatic rings. The van der Waals surface area contributed by atoms with E-state index in [1.54, 1.807) is 0 Å². The summed E-state index contributed by atoms with van der Waals surface area (Å²) in [6.45, 7) is 3.28. The number of benzene rings is 1. The molecule has 0 radical (unpaired) electrons. The summed E-state index contributed by atoms with van der Waals surface area (Å²) < 4.78 is 0. The van der Waals surface area contributed by atoms with Crippen LogP contribution in [0.3, 0.4) is 0 Å². The van der Waals surface area contributed by atoms with Gasteiger partial charge in [-0.2, -0.15) is 0 Å². The Balaban J connectivity index is 2.43. The second kappa shape index (κ2) is 6.98. The number of rotatable bonds is 5. The maximum atomic E-state index is 11.7. The minimum atomic E-state index is -0.190. The van der Waals surface area contributed by atoms with Crippen molar-refractivity contribution in [2.75, 3.05) is 26.0 Å². The van der Waals surface area contributed by atoms with Gasteiger partial charge >= 0.3 is 6.03 Å². The molecule has 0 spiro atoms. The summed E-state index contributed by atoms with van der Waals surface area (Å²) in [6, 6.07) is 7.40. The van der Waals surface area contributed by atoms with Gasteiger partial charge in [-0.05, 0) is 38.7 Å². The van der Waals surface area contributed by atoms with Gasteiger partial charge in [0.05, 0.1) is 0 Å². The highest BCUT2D eigenvalue weighted by Gasteiger charge is 2.07. The van der Waals surface area contributed by atoms with Crippen LogP contribution in [0.2, 0.25) is 0 Å². The first-order valence-electron chi connectivity index (χ1n) is 6.02. The van der Waals surface area contributed by atoms with Crippen molar-refractivity contribution in [1.29, 1.82) is 0 Å². The Morgan fingerprint density at radius 3 is 2.44 bits per heavy atom. The zero-order valence-electron chi connectivity index (χ0n) is 11.2. The number of nitrogens with two attached hydrogens (primary N) is 1. The summed E-state index contributed by atoms with van der Waals surface area (Å²) >= 11 is 0. The lowest BCUT2D eigenvalue weighted by Crippen LogP contribution is -2.41. The molecule has 0 bridgehead atoms. The van der Waals surface area contributed by atoms with Gasteiger partial charge in [-0.1, -0.05) is 12.1 Å². The molecule has 4 N–H and O–H groups in total. The first-order chi connectivity index (χ1) is 8.51. The number of nitrogens with one attached hydrogen (secondary N) is 2. The van der Waals surface area contributed by atoms with Crippen LogP contribution in [0.5, 0.6) is 0 Å². The molecule has 2 amide bonds. The number of amides is 2. The minimum Gasteiger partial charge on any atom is -0.334 e. The Kier molecular flexibility index (Phi) is 5.61. The van der Waals surface area contributed by atoms with Crippen molar-refractivity contribution in [1.82, 2.24) is 10.2 Å². The Bertz CT molecular complexity index is 375. The topological polar surface area (TPSA) is 70.4 Å². The van der Waals surface area contributed by atoms with Crippen LogP contribution in [-0.4, -0.2) is 37.6 Å². The van der Waals surface area contributed by atoms with Crippen LogP contribution in [0.25, 0.3) is 0 Å². The predicted molar refractivity (Wildman–Crippen MR) is 74.5 cm³/mol. The lowest BCUT2D eigenvalue weighted by atomic mass is 10.2. The van der Waals surface area contributed by atoms with E-state index in [2.05, 4.69) is 10.6 Å². The summed E-state index contributed by atoms with van der Waals surface area (Å²) in [6.07, 6.45) is 0. The lowest BCUT2D eigenvalue weighted by molar-refractivity contribution is 0.245. The fourth-order valence-electron chi connectivity index (χ4n) is 1.71. The standard InChI is InChI=1S/C13H22N4O/c1-10(9-17(2)3)15-13(18)16-12-6-4-11(8-14)5-7-12/h4-7,10H,8-9,14H2,1-3H3,(H2,15,16,18). The number of urea groups is 1. The molecule has 0 aliphatic carbocycles. The zero-order chi connectivity index (χ0) is 13.5. The number of carbonyl (C=O) groups is 1. The van der Waals surface area contributed by atoms with Crippen molar-refractivity contribution in [3.8, 4) is 0 Å². The van der Waals surface area contributed by atoms with E-state index in [1.807, 2.05) is 50.2 Å². The van der Waals surface area contributed by atoms with Crippen LogP contribution in [0.15, 0.2) is 24.3 Å². The summed E-state index contributed by atoms with van der Waals surface area (Å²) in [5.74, 6) is 0. The van der Waals surface area contributed by atoms with Gasteiger partial charge in [0.2, 0.25) is 0 Å². The first kappa shape index (κ1) is 14.5. The molecular weight excluding hydrogens is 228 g/mol. The largest absolute Gasteiger partial charge is 0.334 e. The van der Waals surface area contributed by atoms with Crippen molar-refractivity contribution < 1.29 is 4.79 Å². The molecule has 0 fully saturated rings. The smallest absolute Gasteiger partial charge is 0.319 e. The van der Waals surface area contributed by atoms with E-state index in [4.69, 9.17) is 5.73 Å². The Morgan fingerprint density at radius 1 is 1.33 bits per heavy atom. The highest BCUT2D eigenvalue weighted by Crippen LogP contribution is 2.08. The van der Waals surface area contributed by atoms with Gasteiger partial charge in [0.15, 0.2) is 0 Å². The van der Waals surface area contributed by atoms with Crippen molar-refractivity contribution in [2.24, 2.45) is 5.73 Å². The van der Waals surface area contributed by atoms with Crippen molar-refractivity contribution in [3.63, 3.8) is 0 Å². The number of nitrogens with zero attached hydrogens (tertiary/aromatic N) is 1. The molecule has 1 aromatic carbocycles. The summed E-state index contributed by atoms with van der Waals surface area (Å²) in [5.41, 5.74) is 7.32. The molecule has 1 atom stereocenters. The molecule has 1 unspecified atom stereocenters. The fourth-order valence-corrected chi connectivity index (χ4v) is 1.71. The third-order valence-electron chi connectivity index (χ3n) is 2.46. The monoisotopic (exact) mass is 250 g/mol. The van der Waals surface area contributed by atoms with E-state index >= 15 is 0 Å². The average Bonchev–Trinajstić information content (AvgIpc) is 2.28. The van der Waals surface area contributed by atoms with Gasteiger partial charge < -0.3 is 21.3 Å². The fraction of sp³-hybridized carbons (Fsp3) is 0.462. The van der Waals surface area contributed by atoms with E-state index in [0.29, 0.717) is 6.54 Å². The van der Waals surface area contributed by atoms with Crippen molar-refractivity contribution >= 4 is 11.7 Å². The molecule has 5 heteroatoms. The van der Waals surface area contributed by atoms with E-state index in [-0.39, 0.29) is 12.1 Å². The molecule has 0 heterocycles. The van der Waals surface area contributed by atoms with Gasteiger partial charge in [-0.25, -0.2) is 4.79 Å². The zero-order valence-corrected chi connectivity index (χ0v) is 11.2. The predicted octanol–water partition coefficient (Wildman–Crippen LogP) is 1.22. The molecule has 0 saturated heterocycles. The number of anilines is 1. The maximum absolute atomic E-state index is 11.7. The van der Waals surface area contributed by atoms with E-state index < -0.39 is 0 Å². The van der Waals surface area contributed by atoms with Crippen LogP contribution >= 0.6 is 0 Å². The normalized spacial score (nSPS) is 12.3. The van der Waals surface area contributed by atoms with Crippen LogP contribution < -0.4 is 16.4 Å². The third-order valence-corrected chi connectivity index (χ3v) is 2.46. The molecule has 1 rings (SSSR count). The third kappa shape index (κ3) is 5.16. The van der Waals surface area contributed by atoms with Crippen molar-refractivity contribution in [3.05, 3.63) is 29.8 Å². The maximum Gasteiger partial charge on any atom is 0.319 e. The molecule has 100 valence electrons. The highest BCUT2D eigenvalue weighted by molar-refractivity contribution is 5.89. The summed E-state index contributed by atoms with van der Waals surface area (Å²) in [4.78, 5) is 13.7. The van der Waals surface area contributed by atoms with E-state index in [1.165, 1.54) is 0 Å². The van der Waals surface area contributed by atoms with E-state index in [0.717, 1.165) is 17.8 Å². The van der Waals surface area contributed by atoms with Gasteiger partial charge in [0.25, 0.3) is 0 Å². The molecule has 0 aromatic heterocycles. The average molecular weight is 250 g/mol. The number of hydrogen-bond acceptors (Lipinski definition) is 3. The molecule has 1 aromatic rings. The van der Waals surface area contributed by atoms with E-state index in [9.17, 15) is 4.79 Å². The lowest BCUT2D eigenvalue weighted by Gasteiger charge is -2.18. The number of likely N-dealkylation sites (N-methyl/N-ethyl adjacent to an activating group) is 1. The minimum absolute atomic E-state index is 0.100. The Morgan fingerprint density at radius 2 is 1.94 bits per heavy atom. The van der Waals surface area contributed by atoms with Crippen LogP contribution in [-0.2, 0) is 6.54 Å². The number of hydrogen-bond donors (Lipinski definition) is 3. The molecule has 5 nitrogen and oxygen atoms in total.